The summed E-state index contributed by atoms with van der Waals surface area (Å²) in [4.78, 5) is 39.2. The second-order valence-corrected chi connectivity index (χ2v) is 7.98. The molecule has 170 valence electrons. The lowest BCUT2D eigenvalue weighted by Gasteiger charge is -2.16. The van der Waals surface area contributed by atoms with Gasteiger partial charge in [-0.15, -0.1) is 0 Å². The number of carbonyl (C=O) groups excluding carboxylic acids is 3. The number of hydrogen-bond acceptors (Lipinski definition) is 6. The number of nitrogens with zero attached hydrogens (tertiary/aromatic N) is 1. The molecule has 1 heterocycles. The van der Waals surface area contributed by atoms with Crippen LogP contribution in [-0.4, -0.2) is 29.7 Å². The van der Waals surface area contributed by atoms with Crippen molar-refractivity contribution in [1.29, 1.82) is 0 Å². The first-order valence-corrected chi connectivity index (χ1v) is 11.0. The van der Waals surface area contributed by atoms with Crippen LogP contribution in [0.1, 0.15) is 52.1 Å². The van der Waals surface area contributed by atoms with Crippen LogP contribution in [0.4, 0.5) is 10.5 Å². The molecule has 1 aliphatic heterocycles. The Balaban J connectivity index is 1.75. The Bertz CT molecular complexity index is 1290. The molecule has 0 spiro atoms. The number of rotatable bonds is 6. The first-order valence-electron chi connectivity index (χ1n) is 10.6. The van der Waals surface area contributed by atoms with Crippen molar-refractivity contribution in [3.63, 3.8) is 0 Å². The maximum Gasteiger partial charge on any atom is 0.508 e. The Morgan fingerprint density at radius 2 is 1.70 bits per heavy atom. The summed E-state index contributed by atoms with van der Waals surface area (Å²) in [6, 6.07) is 11.8. The number of fused-ring (bicyclic) bond motifs is 2. The van der Waals surface area contributed by atoms with Gasteiger partial charge in [0.2, 0.25) is 0 Å². The van der Waals surface area contributed by atoms with Crippen LogP contribution in [0.15, 0.2) is 42.5 Å². The molecule has 3 aromatic rings. The van der Waals surface area contributed by atoms with Crippen LogP contribution in [0.3, 0.4) is 0 Å². The van der Waals surface area contributed by atoms with E-state index >= 15 is 0 Å². The van der Waals surface area contributed by atoms with Gasteiger partial charge in [-0.2, -0.15) is 0 Å². The Kier molecular flexibility index (Phi) is 6.24. The van der Waals surface area contributed by atoms with E-state index in [1.165, 1.54) is 12.1 Å². The van der Waals surface area contributed by atoms with Gasteiger partial charge in [-0.05, 0) is 42.0 Å². The van der Waals surface area contributed by atoms with Crippen LogP contribution < -0.4 is 4.90 Å². The van der Waals surface area contributed by atoms with Crippen LogP contribution in [-0.2, 0) is 22.5 Å². The highest BCUT2D eigenvalue weighted by atomic mass is 35.5. The van der Waals surface area contributed by atoms with E-state index in [1.807, 2.05) is 19.1 Å². The van der Waals surface area contributed by atoms with Gasteiger partial charge in [0.1, 0.15) is 12.4 Å². The zero-order valence-electron chi connectivity index (χ0n) is 18.2. The van der Waals surface area contributed by atoms with E-state index in [9.17, 15) is 19.5 Å². The number of carbonyl (C=O) groups is 3. The Morgan fingerprint density at radius 1 is 1.00 bits per heavy atom. The summed E-state index contributed by atoms with van der Waals surface area (Å²) in [5.41, 5.74) is 1.69. The highest BCUT2D eigenvalue weighted by Gasteiger charge is 2.42. The predicted octanol–water partition coefficient (Wildman–Crippen LogP) is 5.63. The molecule has 3 aromatic carbocycles. The molecule has 0 radical (unpaired) electrons. The predicted molar refractivity (Wildman–Crippen MR) is 124 cm³/mol. The summed E-state index contributed by atoms with van der Waals surface area (Å²) in [6.07, 6.45) is 0.538. The minimum Gasteiger partial charge on any atom is -0.506 e. The van der Waals surface area contributed by atoms with Gasteiger partial charge in [0.15, 0.2) is 0 Å². The normalized spacial score (nSPS) is 12.9. The summed E-state index contributed by atoms with van der Waals surface area (Å²) in [5.74, 6) is -1.37. The summed E-state index contributed by atoms with van der Waals surface area (Å²) >= 11 is 6.42. The maximum atomic E-state index is 13.5. The number of anilines is 1. The molecular formula is C25H22ClNO6. The first-order chi connectivity index (χ1) is 15.9. The van der Waals surface area contributed by atoms with E-state index in [4.69, 9.17) is 21.1 Å². The second-order valence-electron chi connectivity index (χ2n) is 7.58. The van der Waals surface area contributed by atoms with Crippen molar-refractivity contribution in [3.05, 3.63) is 69.7 Å². The molecule has 4 rings (SSSR count). The van der Waals surface area contributed by atoms with Crippen LogP contribution in [0.2, 0.25) is 5.02 Å². The molecule has 2 amide bonds. The summed E-state index contributed by atoms with van der Waals surface area (Å²) in [6.45, 7) is 3.77. The third-order valence-electron chi connectivity index (χ3n) is 5.50. The zero-order chi connectivity index (χ0) is 23.7. The van der Waals surface area contributed by atoms with Crippen molar-refractivity contribution in [2.45, 2.75) is 33.3 Å². The van der Waals surface area contributed by atoms with Gasteiger partial charge in [0.05, 0.1) is 28.4 Å². The molecule has 0 aliphatic carbocycles. The number of imide groups is 1. The van der Waals surface area contributed by atoms with Crippen LogP contribution >= 0.6 is 11.6 Å². The zero-order valence-corrected chi connectivity index (χ0v) is 18.9. The van der Waals surface area contributed by atoms with Crippen molar-refractivity contribution in [1.82, 2.24) is 0 Å². The number of hydrogen-bond donors (Lipinski definition) is 1. The molecule has 33 heavy (non-hydrogen) atoms. The van der Waals surface area contributed by atoms with Crippen molar-refractivity contribution >= 4 is 46.0 Å². The average Bonchev–Trinajstić information content (AvgIpc) is 3.06. The lowest BCUT2D eigenvalue weighted by molar-refractivity contribution is 0.0536. The number of amides is 2. The summed E-state index contributed by atoms with van der Waals surface area (Å²) < 4.78 is 9.71. The second kappa shape index (κ2) is 9.11. The SMILES string of the molecule is CCCc1c2c(c(O)c3ccccc13)C(=O)N(c1ccc(COC(=O)OCC)cc1Cl)C2=O. The lowest BCUT2D eigenvalue weighted by atomic mass is 9.91. The summed E-state index contributed by atoms with van der Waals surface area (Å²) in [5, 5.41) is 12.3. The van der Waals surface area contributed by atoms with E-state index in [0.29, 0.717) is 17.4 Å². The van der Waals surface area contributed by atoms with Gasteiger partial charge >= 0.3 is 6.16 Å². The fraction of sp³-hybridized carbons (Fsp3) is 0.240. The molecule has 1 N–H and O–H groups in total. The van der Waals surface area contributed by atoms with Crippen molar-refractivity contribution in [2.24, 2.45) is 0 Å². The topological polar surface area (TPSA) is 93.1 Å². The molecule has 7 nitrogen and oxygen atoms in total. The number of phenols is 1. The van der Waals surface area contributed by atoms with Crippen molar-refractivity contribution in [3.8, 4) is 5.75 Å². The molecule has 0 unspecified atom stereocenters. The smallest absolute Gasteiger partial charge is 0.506 e. The molecule has 0 saturated carbocycles. The van der Waals surface area contributed by atoms with Crippen LogP contribution in [0.5, 0.6) is 5.75 Å². The fourth-order valence-electron chi connectivity index (χ4n) is 4.10. The van der Waals surface area contributed by atoms with Crippen LogP contribution in [0, 0.1) is 0 Å². The van der Waals surface area contributed by atoms with E-state index in [1.54, 1.807) is 25.1 Å². The molecule has 0 aromatic heterocycles. The van der Waals surface area contributed by atoms with Gasteiger partial charge in [0, 0.05) is 5.39 Å². The third-order valence-corrected chi connectivity index (χ3v) is 5.80. The van der Waals surface area contributed by atoms with E-state index < -0.39 is 18.0 Å². The largest absolute Gasteiger partial charge is 0.508 e. The van der Waals surface area contributed by atoms with Gasteiger partial charge in [-0.25, -0.2) is 9.69 Å². The molecule has 0 saturated heterocycles. The summed E-state index contributed by atoms with van der Waals surface area (Å²) in [7, 11) is 0. The minimum absolute atomic E-state index is 0.00654. The molecule has 0 fully saturated rings. The molecular weight excluding hydrogens is 446 g/mol. The molecule has 8 heteroatoms. The maximum absolute atomic E-state index is 13.5. The third kappa shape index (κ3) is 3.89. The Hall–Kier alpha value is -3.58. The van der Waals surface area contributed by atoms with E-state index in [2.05, 4.69) is 0 Å². The number of aryl methyl sites for hydroxylation is 1. The molecule has 0 bridgehead atoms. The Morgan fingerprint density at radius 3 is 2.36 bits per heavy atom. The van der Waals surface area contributed by atoms with Gasteiger partial charge in [-0.3, -0.25) is 9.59 Å². The van der Waals surface area contributed by atoms with Crippen LogP contribution in [0.25, 0.3) is 10.8 Å². The van der Waals surface area contributed by atoms with Crippen molar-refractivity contribution < 1.29 is 29.0 Å². The van der Waals surface area contributed by atoms with Gasteiger partial charge < -0.3 is 14.6 Å². The number of ether oxygens (including phenoxy) is 2. The monoisotopic (exact) mass is 467 g/mol. The standard InChI is InChI=1S/C25H22ClNO6/c1-3-7-16-15-8-5-6-9-17(15)22(28)21-20(16)23(29)27(24(21)30)19-11-10-14(12-18(19)26)13-33-25(31)32-4-2/h5-6,8-12,28H,3-4,7,13H2,1-2H3. The number of halogens is 1. The highest BCUT2D eigenvalue weighted by Crippen LogP contribution is 2.43. The Labute approximate surface area is 195 Å². The van der Waals surface area contributed by atoms with E-state index in [0.717, 1.165) is 22.3 Å². The average molecular weight is 468 g/mol. The lowest BCUT2D eigenvalue weighted by Crippen LogP contribution is -2.29. The van der Waals surface area contributed by atoms with Gasteiger partial charge in [-0.1, -0.05) is 55.3 Å². The fourth-order valence-corrected chi connectivity index (χ4v) is 4.39. The van der Waals surface area contributed by atoms with Gasteiger partial charge in [0.25, 0.3) is 11.8 Å². The highest BCUT2D eigenvalue weighted by molar-refractivity contribution is 6.41. The molecule has 0 atom stereocenters. The molecule has 1 aliphatic rings. The van der Waals surface area contributed by atoms with Crippen molar-refractivity contribution in [2.75, 3.05) is 11.5 Å². The van der Waals surface area contributed by atoms with E-state index in [-0.39, 0.29) is 40.8 Å². The minimum atomic E-state index is -0.802. The first kappa shape index (κ1) is 22.6. The number of phenolic OH excluding ortho intramolecular Hbond substituents is 1. The quantitative estimate of drug-likeness (QED) is 0.373. The number of aromatic hydroxyl groups is 1. The number of benzene rings is 3.